The van der Waals surface area contributed by atoms with Gasteiger partial charge < -0.3 is 4.74 Å². The van der Waals surface area contributed by atoms with Gasteiger partial charge in [0, 0.05) is 0 Å². The van der Waals surface area contributed by atoms with Crippen LogP contribution in [0.1, 0.15) is 23.0 Å². The topological polar surface area (TPSA) is 57.0 Å². The number of ether oxygens (including phenoxy) is 1. The fourth-order valence-corrected chi connectivity index (χ4v) is 1.47. The summed E-state index contributed by atoms with van der Waals surface area (Å²) in [6.07, 6.45) is 1.41. The van der Waals surface area contributed by atoms with Gasteiger partial charge in [0.1, 0.15) is 0 Å². The molecule has 2 aromatic rings. The van der Waals surface area contributed by atoms with E-state index in [1.165, 1.54) is 11.0 Å². The van der Waals surface area contributed by atoms with Gasteiger partial charge in [-0.15, -0.1) is 5.10 Å². The lowest BCUT2D eigenvalue weighted by atomic mass is 10.2. The van der Waals surface area contributed by atoms with Crippen molar-refractivity contribution in [2.24, 2.45) is 0 Å². The maximum Gasteiger partial charge on any atom is 0.360 e. The quantitative estimate of drug-likeness (QED) is 0.755. The molecular formula is C12H13N3O2. The summed E-state index contributed by atoms with van der Waals surface area (Å²) in [6, 6.07) is 7.69. The Balaban J connectivity index is 2.30. The van der Waals surface area contributed by atoms with Crippen LogP contribution in [0.5, 0.6) is 0 Å². The van der Waals surface area contributed by atoms with E-state index in [9.17, 15) is 4.79 Å². The molecule has 88 valence electrons. The number of hydrogen-bond acceptors (Lipinski definition) is 4. The van der Waals surface area contributed by atoms with E-state index in [2.05, 4.69) is 10.2 Å². The van der Waals surface area contributed by atoms with E-state index >= 15 is 0 Å². The predicted molar refractivity (Wildman–Crippen MR) is 62.1 cm³/mol. The van der Waals surface area contributed by atoms with Gasteiger partial charge in [-0.1, -0.05) is 18.2 Å². The number of carbonyl (C=O) groups excluding carboxylic acids is 1. The van der Waals surface area contributed by atoms with Crippen LogP contribution in [-0.2, 0) is 4.74 Å². The van der Waals surface area contributed by atoms with Crippen LogP contribution in [0.2, 0.25) is 0 Å². The van der Waals surface area contributed by atoms with Crippen LogP contribution < -0.4 is 0 Å². The molecule has 0 fully saturated rings. The summed E-state index contributed by atoms with van der Waals surface area (Å²) < 4.78 is 4.85. The predicted octanol–water partition coefficient (Wildman–Crippen LogP) is 1.75. The van der Waals surface area contributed by atoms with Crippen LogP contribution in [0.15, 0.2) is 30.5 Å². The summed E-state index contributed by atoms with van der Waals surface area (Å²) in [5, 5.41) is 8.15. The van der Waals surface area contributed by atoms with Crippen molar-refractivity contribution in [3.63, 3.8) is 0 Å². The third-order valence-electron chi connectivity index (χ3n) is 2.31. The van der Waals surface area contributed by atoms with Crippen LogP contribution in [0, 0.1) is 6.92 Å². The molecule has 5 nitrogen and oxygen atoms in total. The smallest absolute Gasteiger partial charge is 0.360 e. The van der Waals surface area contributed by atoms with E-state index < -0.39 is 5.97 Å². The number of aromatic nitrogens is 3. The Bertz CT molecular complexity index is 534. The zero-order valence-corrected chi connectivity index (χ0v) is 9.75. The third kappa shape index (κ3) is 2.33. The standard InChI is InChI=1S/C12H13N3O2/c1-3-17-12(16)10-8-13-15(14-10)11-7-5-4-6-9(11)2/h4-8H,3H2,1-2H3. The number of esters is 1. The first-order chi connectivity index (χ1) is 8.22. The molecule has 0 spiro atoms. The Kier molecular flexibility index (Phi) is 3.18. The molecule has 17 heavy (non-hydrogen) atoms. The van der Waals surface area contributed by atoms with Crippen LogP contribution >= 0.6 is 0 Å². The molecule has 0 amide bonds. The number of carbonyl (C=O) groups is 1. The fraction of sp³-hybridized carbons (Fsp3) is 0.250. The summed E-state index contributed by atoms with van der Waals surface area (Å²) in [5.74, 6) is -0.452. The van der Waals surface area contributed by atoms with Crippen molar-refractivity contribution in [2.45, 2.75) is 13.8 Å². The molecule has 0 aliphatic rings. The first-order valence-electron chi connectivity index (χ1n) is 5.38. The van der Waals surface area contributed by atoms with Crippen molar-refractivity contribution in [1.82, 2.24) is 15.0 Å². The zero-order valence-electron chi connectivity index (χ0n) is 9.75. The Morgan fingerprint density at radius 2 is 2.18 bits per heavy atom. The highest BCUT2D eigenvalue weighted by Gasteiger charge is 2.12. The molecule has 0 atom stereocenters. The second-order valence-electron chi connectivity index (χ2n) is 3.53. The molecule has 1 aromatic heterocycles. The van der Waals surface area contributed by atoms with E-state index in [1.807, 2.05) is 31.2 Å². The van der Waals surface area contributed by atoms with Crippen molar-refractivity contribution >= 4 is 5.97 Å². The molecule has 1 heterocycles. The summed E-state index contributed by atoms with van der Waals surface area (Å²) in [4.78, 5) is 12.9. The molecule has 0 radical (unpaired) electrons. The molecule has 2 rings (SSSR count). The van der Waals surface area contributed by atoms with Gasteiger partial charge in [-0.05, 0) is 25.5 Å². The Morgan fingerprint density at radius 3 is 2.88 bits per heavy atom. The van der Waals surface area contributed by atoms with Crippen LogP contribution in [0.4, 0.5) is 0 Å². The Labute approximate surface area is 99.0 Å². The van der Waals surface area contributed by atoms with E-state index in [4.69, 9.17) is 4.74 Å². The molecule has 0 bridgehead atoms. The van der Waals surface area contributed by atoms with Gasteiger partial charge in [0.2, 0.25) is 0 Å². The lowest BCUT2D eigenvalue weighted by Gasteiger charge is -2.02. The lowest BCUT2D eigenvalue weighted by Crippen LogP contribution is -2.07. The molecule has 0 N–H and O–H groups in total. The Hall–Kier alpha value is -2.17. The van der Waals surface area contributed by atoms with Gasteiger partial charge in [0.25, 0.3) is 0 Å². The highest BCUT2D eigenvalue weighted by Crippen LogP contribution is 2.11. The minimum Gasteiger partial charge on any atom is -0.461 e. The zero-order chi connectivity index (χ0) is 12.3. The fourth-order valence-electron chi connectivity index (χ4n) is 1.47. The molecule has 0 unspecified atom stereocenters. The molecule has 1 aromatic carbocycles. The van der Waals surface area contributed by atoms with Crippen molar-refractivity contribution in [2.75, 3.05) is 6.61 Å². The maximum absolute atomic E-state index is 11.4. The molecule has 0 aliphatic heterocycles. The summed E-state index contributed by atoms with van der Waals surface area (Å²) >= 11 is 0. The monoisotopic (exact) mass is 231 g/mol. The van der Waals surface area contributed by atoms with Gasteiger partial charge in [-0.25, -0.2) is 4.79 Å². The highest BCUT2D eigenvalue weighted by atomic mass is 16.5. The SMILES string of the molecule is CCOC(=O)c1cnn(-c2ccccc2C)n1. The molecule has 0 saturated heterocycles. The van der Waals surface area contributed by atoms with Crippen molar-refractivity contribution in [3.05, 3.63) is 41.7 Å². The number of rotatable bonds is 3. The molecular weight excluding hydrogens is 218 g/mol. The molecule has 5 heteroatoms. The first kappa shape index (κ1) is 11.3. The average Bonchev–Trinajstić information content (AvgIpc) is 2.79. The van der Waals surface area contributed by atoms with Crippen LogP contribution in [0.3, 0.4) is 0 Å². The van der Waals surface area contributed by atoms with Gasteiger partial charge >= 0.3 is 5.97 Å². The van der Waals surface area contributed by atoms with E-state index in [0.29, 0.717) is 6.61 Å². The summed E-state index contributed by atoms with van der Waals surface area (Å²) in [6.45, 7) is 4.04. The van der Waals surface area contributed by atoms with E-state index in [1.54, 1.807) is 6.92 Å². The largest absolute Gasteiger partial charge is 0.461 e. The van der Waals surface area contributed by atoms with Gasteiger partial charge in [0.05, 0.1) is 18.5 Å². The molecule has 0 saturated carbocycles. The van der Waals surface area contributed by atoms with E-state index in [-0.39, 0.29) is 5.69 Å². The van der Waals surface area contributed by atoms with Crippen molar-refractivity contribution in [3.8, 4) is 5.69 Å². The first-order valence-corrected chi connectivity index (χ1v) is 5.38. The third-order valence-corrected chi connectivity index (χ3v) is 2.31. The van der Waals surface area contributed by atoms with Crippen LogP contribution in [0.25, 0.3) is 5.69 Å². The second kappa shape index (κ2) is 4.78. The number of benzene rings is 1. The van der Waals surface area contributed by atoms with Crippen molar-refractivity contribution in [1.29, 1.82) is 0 Å². The van der Waals surface area contributed by atoms with Crippen molar-refractivity contribution < 1.29 is 9.53 Å². The van der Waals surface area contributed by atoms with Gasteiger partial charge in [0.15, 0.2) is 5.69 Å². The highest BCUT2D eigenvalue weighted by molar-refractivity contribution is 5.86. The lowest BCUT2D eigenvalue weighted by molar-refractivity contribution is 0.0519. The van der Waals surface area contributed by atoms with Gasteiger partial charge in [-0.2, -0.15) is 9.90 Å². The summed E-state index contributed by atoms with van der Waals surface area (Å²) in [5.41, 5.74) is 2.11. The second-order valence-corrected chi connectivity index (χ2v) is 3.53. The normalized spacial score (nSPS) is 10.2. The number of hydrogen-bond donors (Lipinski definition) is 0. The number of aryl methyl sites for hydroxylation is 1. The van der Waals surface area contributed by atoms with E-state index in [0.717, 1.165) is 11.3 Å². The van der Waals surface area contributed by atoms with Crippen LogP contribution in [-0.4, -0.2) is 27.6 Å². The average molecular weight is 231 g/mol. The summed E-state index contributed by atoms with van der Waals surface area (Å²) in [7, 11) is 0. The maximum atomic E-state index is 11.4. The van der Waals surface area contributed by atoms with Gasteiger partial charge in [-0.3, -0.25) is 0 Å². The minimum atomic E-state index is -0.452. The molecule has 0 aliphatic carbocycles. The number of nitrogens with zero attached hydrogens (tertiary/aromatic N) is 3. The number of para-hydroxylation sites is 1. The Morgan fingerprint density at radius 1 is 1.41 bits per heavy atom. The minimum absolute atomic E-state index is 0.218.